The van der Waals surface area contributed by atoms with Gasteiger partial charge in [-0.05, 0) is 20.8 Å². The second-order valence-corrected chi connectivity index (χ2v) is 4.36. The fraction of sp³-hybridized carbons (Fsp3) is 0.583. The molecular weight excluding hydrogens is 246 g/mol. The van der Waals surface area contributed by atoms with Gasteiger partial charge >= 0.3 is 0 Å². The standard InChI is InChI=1S/C12H21N5O2/c1-5-17(6-9(18)16-8(2)3)11-10(13)12(19-4)15-7-14-11/h7-8H,5-6,13H2,1-4H3,(H,16,18). The monoisotopic (exact) mass is 267 g/mol. The molecule has 0 bridgehead atoms. The summed E-state index contributed by atoms with van der Waals surface area (Å²) >= 11 is 0. The van der Waals surface area contributed by atoms with Crippen molar-refractivity contribution in [3.63, 3.8) is 0 Å². The summed E-state index contributed by atoms with van der Waals surface area (Å²) in [5.41, 5.74) is 6.26. The molecule has 0 aliphatic heterocycles. The second-order valence-electron chi connectivity index (χ2n) is 4.36. The molecule has 1 heterocycles. The van der Waals surface area contributed by atoms with Gasteiger partial charge in [-0.3, -0.25) is 4.79 Å². The number of rotatable bonds is 6. The van der Waals surface area contributed by atoms with Crippen LogP contribution in [0.15, 0.2) is 6.33 Å². The SMILES string of the molecule is CCN(CC(=O)NC(C)C)c1ncnc(OC)c1N. The van der Waals surface area contributed by atoms with E-state index >= 15 is 0 Å². The van der Waals surface area contributed by atoms with Crippen LogP contribution in [0.5, 0.6) is 5.88 Å². The van der Waals surface area contributed by atoms with Crippen molar-refractivity contribution < 1.29 is 9.53 Å². The third-order valence-corrected chi connectivity index (χ3v) is 2.49. The number of carbonyl (C=O) groups is 1. The largest absolute Gasteiger partial charge is 0.479 e. The van der Waals surface area contributed by atoms with E-state index in [1.54, 1.807) is 4.90 Å². The van der Waals surface area contributed by atoms with Crippen molar-refractivity contribution in [3.8, 4) is 5.88 Å². The Balaban J connectivity index is 2.88. The van der Waals surface area contributed by atoms with Crippen molar-refractivity contribution in [1.29, 1.82) is 0 Å². The summed E-state index contributed by atoms with van der Waals surface area (Å²) in [4.78, 5) is 21.6. The number of hydrogen-bond donors (Lipinski definition) is 2. The molecule has 0 saturated heterocycles. The Kier molecular flexibility index (Phi) is 5.35. The number of anilines is 2. The Morgan fingerprint density at radius 1 is 1.53 bits per heavy atom. The van der Waals surface area contributed by atoms with E-state index in [4.69, 9.17) is 10.5 Å². The number of likely N-dealkylation sites (N-methyl/N-ethyl adjacent to an activating group) is 1. The van der Waals surface area contributed by atoms with Gasteiger partial charge in [0.05, 0.1) is 13.7 Å². The first-order valence-corrected chi connectivity index (χ1v) is 6.18. The van der Waals surface area contributed by atoms with Crippen LogP contribution in [0.3, 0.4) is 0 Å². The fourth-order valence-electron chi connectivity index (χ4n) is 1.66. The van der Waals surface area contributed by atoms with Crippen LogP contribution in [0.2, 0.25) is 0 Å². The van der Waals surface area contributed by atoms with Gasteiger partial charge in [0.2, 0.25) is 11.8 Å². The fourth-order valence-corrected chi connectivity index (χ4v) is 1.66. The molecule has 1 rings (SSSR count). The van der Waals surface area contributed by atoms with E-state index < -0.39 is 0 Å². The van der Waals surface area contributed by atoms with E-state index in [2.05, 4.69) is 15.3 Å². The number of amides is 1. The van der Waals surface area contributed by atoms with Crippen LogP contribution in [-0.2, 0) is 4.79 Å². The summed E-state index contributed by atoms with van der Waals surface area (Å²) in [5, 5.41) is 2.83. The maximum Gasteiger partial charge on any atom is 0.242 e. The third kappa shape index (κ3) is 3.97. The Hall–Kier alpha value is -2.05. The minimum Gasteiger partial charge on any atom is -0.479 e. The summed E-state index contributed by atoms with van der Waals surface area (Å²) in [6.45, 7) is 6.55. The molecule has 106 valence electrons. The maximum absolute atomic E-state index is 11.8. The predicted octanol–water partition coefficient (Wildman–Crippen LogP) is 0.418. The number of aromatic nitrogens is 2. The number of nitrogens with zero attached hydrogens (tertiary/aromatic N) is 3. The van der Waals surface area contributed by atoms with Crippen molar-refractivity contribution in [3.05, 3.63) is 6.33 Å². The van der Waals surface area contributed by atoms with E-state index in [9.17, 15) is 4.79 Å². The lowest BCUT2D eigenvalue weighted by atomic mass is 10.3. The quantitative estimate of drug-likeness (QED) is 0.776. The first kappa shape index (κ1) is 15.0. The molecule has 0 spiro atoms. The van der Waals surface area contributed by atoms with E-state index in [-0.39, 0.29) is 18.5 Å². The molecule has 3 N–H and O–H groups in total. The summed E-state index contributed by atoms with van der Waals surface area (Å²) in [6.07, 6.45) is 1.37. The summed E-state index contributed by atoms with van der Waals surface area (Å²) in [7, 11) is 1.49. The van der Waals surface area contributed by atoms with Crippen LogP contribution >= 0.6 is 0 Å². The third-order valence-electron chi connectivity index (χ3n) is 2.49. The average Bonchev–Trinajstić information content (AvgIpc) is 2.35. The predicted molar refractivity (Wildman–Crippen MR) is 74.2 cm³/mol. The Morgan fingerprint density at radius 3 is 2.74 bits per heavy atom. The lowest BCUT2D eigenvalue weighted by Gasteiger charge is -2.23. The van der Waals surface area contributed by atoms with E-state index in [1.165, 1.54) is 13.4 Å². The van der Waals surface area contributed by atoms with Gasteiger partial charge in [0.15, 0.2) is 5.82 Å². The van der Waals surface area contributed by atoms with Gasteiger partial charge in [0.1, 0.15) is 12.0 Å². The number of ether oxygens (including phenoxy) is 1. The molecule has 0 atom stereocenters. The van der Waals surface area contributed by atoms with E-state index in [1.807, 2.05) is 20.8 Å². The smallest absolute Gasteiger partial charge is 0.242 e. The van der Waals surface area contributed by atoms with Crippen LogP contribution in [0, 0.1) is 0 Å². The maximum atomic E-state index is 11.8. The zero-order valence-electron chi connectivity index (χ0n) is 11.8. The molecule has 1 aromatic rings. The molecule has 0 aromatic carbocycles. The van der Waals surface area contributed by atoms with Crippen molar-refractivity contribution >= 4 is 17.4 Å². The number of methoxy groups -OCH3 is 1. The number of carbonyl (C=O) groups excluding carboxylic acids is 1. The number of hydrogen-bond acceptors (Lipinski definition) is 6. The molecule has 1 amide bonds. The zero-order valence-corrected chi connectivity index (χ0v) is 11.8. The van der Waals surface area contributed by atoms with Gasteiger partial charge in [-0.15, -0.1) is 0 Å². The zero-order chi connectivity index (χ0) is 14.4. The van der Waals surface area contributed by atoms with Gasteiger partial charge in [0, 0.05) is 12.6 Å². The molecular formula is C12H21N5O2. The molecule has 1 aromatic heterocycles. The minimum atomic E-state index is -0.0752. The van der Waals surface area contributed by atoms with E-state index in [0.29, 0.717) is 23.9 Å². The van der Waals surface area contributed by atoms with Gasteiger partial charge < -0.3 is 20.7 Å². The molecule has 0 aliphatic carbocycles. The van der Waals surface area contributed by atoms with Gasteiger partial charge in [-0.2, -0.15) is 4.98 Å². The molecule has 7 nitrogen and oxygen atoms in total. The van der Waals surface area contributed by atoms with Gasteiger partial charge in [0.25, 0.3) is 0 Å². The average molecular weight is 267 g/mol. The van der Waals surface area contributed by atoms with Crippen LogP contribution in [-0.4, -0.2) is 42.1 Å². The highest BCUT2D eigenvalue weighted by Gasteiger charge is 2.17. The number of nitrogen functional groups attached to an aromatic ring is 1. The van der Waals surface area contributed by atoms with Crippen LogP contribution in [0.25, 0.3) is 0 Å². The lowest BCUT2D eigenvalue weighted by Crippen LogP contribution is -2.40. The summed E-state index contributed by atoms with van der Waals surface area (Å²) in [6, 6.07) is 0.100. The van der Waals surface area contributed by atoms with Crippen molar-refractivity contribution in [2.24, 2.45) is 0 Å². The van der Waals surface area contributed by atoms with Gasteiger partial charge in [-0.25, -0.2) is 4.98 Å². The van der Waals surface area contributed by atoms with Crippen molar-refractivity contribution in [2.45, 2.75) is 26.8 Å². The Bertz CT molecular complexity index is 436. The molecule has 0 unspecified atom stereocenters. The molecule has 7 heteroatoms. The number of nitrogens with two attached hydrogens (primary N) is 1. The highest BCUT2D eigenvalue weighted by molar-refractivity contribution is 5.82. The Morgan fingerprint density at radius 2 is 2.21 bits per heavy atom. The van der Waals surface area contributed by atoms with Gasteiger partial charge in [-0.1, -0.05) is 0 Å². The highest BCUT2D eigenvalue weighted by Crippen LogP contribution is 2.27. The lowest BCUT2D eigenvalue weighted by molar-refractivity contribution is -0.120. The topological polar surface area (TPSA) is 93.4 Å². The molecule has 0 radical (unpaired) electrons. The van der Waals surface area contributed by atoms with Crippen LogP contribution < -0.4 is 20.7 Å². The first-order chi connectivity index (χ1) is 8.99. The van der Waals surface area contributed by atoms with Crippen LogP contribution in [0.4, 0.5) is 11.5 Å². The molecule has 0 aliphatic rings. The van der Waals surface area contributed by atoms with Crippen molar-refractivity contribution in [2.75, 3.05) is 30.8 Å². The highest BCUT2D eigenvalue weighted by atomic mass is 16.5. The van der Waals surface area contributed by atoms with Crippen LogP contribution in [0.1, 0.15) is 20.8 Å². The number of nitrogens with one attached hydrogen (secondary N) is 1. The van der Waals surface area contributed by atoms with E-state index in [0.717, 1.165) is 0 Å². The Labute approximate surface area is 113 Å². The first-order valence-electron chi connectivity index (χ1n) is 6.18. The summed E-state index contributed by atoms with van der Waals surface area (Å²) in [5.74, 6) is 0.745. The molecule has 0 saturated carbocycles. The molecule has 0 fully saturated rings. The van der Waals surface area contributed by atoms with Crippen molar-refractivity contribution in [1.82, 2.24) is 15.3 Å². The minimum absolute atomic E-state index is 0.0752. The molecule has 19 heavy (non-hydrogen) atoms. The summed E-state index contributed by atoms with van der Waals surface area (Å²) < 4.78 is 5.05. The normalized spacial score (nSPS) is 10.4. The second kappa shape index (κ2) is 6.77.